The number of oxazole rings is 1. The Morgan fingerprint density at radius 2 is 1.97 bits per heavy atom. The number of hydrogen-bond donors (Lipinski definition) is 1. The first-order valence-corrected chi connectivity index (χ1v) is 11.8. The fourth-order valence-corrected chi connectivity index (χ4v) is 4.12. The summed E-state index contributed by atoms with van der Waals surface area (Å²) in [7, 11) is 0. The first-order valence-electron chi connectivity index (χ1n) is 11.8. The average Bonchev–Trinajstić information content (AvgIpc) is 3.38. The summed E-state index contributed by atoms with van der Waals surface area (Å²) in [5.41, 5.74) is 4.89. The van der Waals surface area contributed by atoms with E-state index in [1.807, 2.05) is 67.8 Å². The molecule has 0 unspecified atom stereocenters. The Balaban J connectivity index is 1.28. The van der Waals surface area contributed by atoms with Gasteiger partial charge in [-0.05, 0) is 55.2 Å². The van der Waals surface area contributed by atoms with Crippen molar-refractivity contribution in [3.8, 4) is 28.5 Å². The molecule has 6 heteroatoms. The van der Waals surface area contributed by atoms with E-state index in [-0.39, 0.29) is 5.91 Å². The van der Waals surface area contributed by atoms with Gasteiger partial charge in [0.1, 0.15) is 5.75 Å². The van der Waals surface area contributed by atoms with Gasteiger partial charge in [-0.1, -0.05) is 19.1 Å². The van der Waals surface area contributed by atoms with E-state index in [4.69, 9.17) is 9.15 Å². The van der Waals surface area contributed by atoms with Crippen LogP contribution in [0, 0.1) is 0 Å². The Morgan fingerprint density at radius 3 is 2.82 bits per heavy atom. The van der Waals surface area contributed by atoms with E-state index in [9.17, 15) is 4.79 Å². The van der Waals surface area contributed by atoms with Crippen molar-refractivity contribution in [1.29, 1.82) is 0 Å². The van der Waals surface area contributed by atoms with Crippen LogP contribution < -0.4 is 14.6 Å². The van der Waals surface area contributed by atoms with Crippen LogP contribution in [0.4, 0.5) is 0 Å². The second kappa shape index (κ2) is 9.91. The van der Waals surface area contributed by atoms with Crippen LogP contribution in [0.5, 0.6) is 5.75 Å². The second-order valence-corrected chi connectivity index (χ2v) is 8.52. The maximum absolute atomic E-state index is 12.2. The number of nitrogens with zero attached hydrogens (tertiary/aromatic N) is 2. The molecule has 0 spiro atoms. The quantitative estimate of drug-likeness (QED) is 0.407. The largest absolute Gasteiger partial charge is 0.493 e. The number of aryl methyl sites for hydroxylation is 1. The predicted octanol–water partition coefficient (Wildman–Crippen LogP) is 4.81. The van der Waals surface area contributed by atoms with Gasteiger partial charge in [-0.2, -0.15) is 0 Å². The fraction of sp³-hybridized carbons (Fsp3) is 0.250. The lowest BCUT2D eigenvalue weighted by Gasteiger charge is -2.17. The number of rotatable bonds is 7. The minimum Gasteiger partial charge on any atom is -0.493 e. The van der Waals surface area contributed by atoms with Crippen LogP contribution in [-0.2, 0) is 13.0 Å². The standard InChI is InChI=1S/C28H27N3O3/c1-2-12-29-27(32)23-6-3-5-20(16-23)19-31-13-10-21(11-14-31)26-18-30-28(34-26)24-8-9-25-22(17-24)7-4-15-33-25/h3,5-6,8-11,13-14,16-18H,2,4,7,12,15,19H2,1H3/p+1. The van der Waals surface area contributed by atoms with Crippen molar-refractivity contribution < 1.29 is 18.5 Å². The zero-order chi connectivity index (χ0) is 23.3. The summed E-state index contributed by atoms with van der Waals surface area (Å²) in [5, 5.41) is 2.93. The van der Waals surface area contributed by atoms with Crippen molar-refractivity contribution in [2.75, 3.05) is 13.2 Å². The molecule has 1 aliphatic heterocycles. The zero-order valence-electron chi connectivity index (χ0n) is 19.3. The predicted molar refractivity (Wildman–Crippen MR) is 130 cm³/mol. The molecule has 4 aromatic rings. The SMILES string of the molecule is CCCNC(=O)c1cccc(C[n+]2ccc(-c3cnc(-c4ccc5c(c4)CCCO5)o3)cc2)c1. The molecule has 2 aromatic heterocycles. The zero-order valence-corrected chi connectivity index (χ0v) is 19.3. The molecule has 34 heavy (non-hydrogen) atoms. The highest BCUT2D eigenvalue weighted by Gasteiger charge is 2.15. The molecule has 3 heterocycles. The van der Waals surface area contributed by atoms with Crippen molar-refractivity contribution >= 4 is 5.91 Å². The topological polar surface area (TPSA) is 68.2 Å². The lowest BCUT2D eigenvalue weighted by molar-refractivity contribution is -0.688. The first kappa shape index (κ1) is 21.9. The van der Waals surface area contributed by atoms with E-state index in [1.54, 1.807) is 6.20 Å². The van der Waals surface area contributed by atoms with Crippen molar-refractivity contribution in [3.05, 3.63) is 89.9 Å². The molecule has 0 radical (unpaired) electrons. The first-order chi connectivity index (χ1) is 16.7. The second-order valence-electron chi connectivity index (χ2n) is 8.52. The molecule has 5 rings (SSSR count). The number of carbonyl (C=O) groups excluding carboxylic acids is 1. The minimum absolute atomic E-state index is 0.0309. The molecule has 1 N–H and O–H groups in total. The van der Waals surface area contributed by atoms with Gasteiger partial charge in [0.2, 0.25) is 5.89 Å². The van der Waals surface area contributed by atoms with Crippen LogP contribution in [0.3, 0.4) is 0 Å². The van der Waals surface area contributed by atoms with Gasteiger partial charge in [-0.15, -0.1) is 0 Å². The summed E-state index contributed by atoms with van der Waals surface area (Å²) >= 11 is 0. The third kappa shape index (κ3) is 4.86. The Morgan fingerprint density at radius 1 is 1.09 bits per heavy atom. The molecule has 1 aliphatic rings. The van der Waals surface area contributed by atoms with Gasteiger partial charge in [0.15, 0.2) is 24.7 Å². The van der Waals surface area contributed by atoms with E-state index in [2.05, 4.69) is 20.9 Å². The van der Waals surface area contributed by atoms with Gasteiger partial charge in [0, 0.05) is 40.9 Å². The van der Waals surface area contributed by atoms with Gasteiger partial charge in [-0.25, -0.2) is 9.55 Å². The van der Waals surface area contributed by atoms with E-state index < -0.39 is 0 Å². The number of aromatic nitrogens is 2. The summed E-state index contributed by atoms with van der Waals surface area (Å²) in [6.07, 6.45) is 8.76. The molecule has 0 saturated heterocycles. The number of benzene rings is 2. The molecular weight excluding hydrogens is 426 g/mol. The molecule has 1 amide bonds. The van der Waals surface area contributed by atoms with E-state index >= 15 is 0 Å². The third-order valence-electron chi connectivity index (χ3n) is 5.93. The number of fused-ring (bicyclic) bond motifs is 1. The molecule has 172 valence electrons. The maximum atomic E-state index is 12.2. The lowest BCUT2D eigenvalue weighted by atomic mass is 10.0. The number of amides is 1. The number of carbonyl (C=O) groups is 1. The Kier molecular flexibility index (Phi) is 6.38. The summed E-state index contributed by atoms with van der Waals surface area (Å²) in [4.78, 5) is 16.7. The van der Waals surface area contributed by atoms with Crippen molar-refractivity contribution in [2.24, 2.45) is 0 Å². The summed E-state index contributed by atoms with van der Waals surface area (Å²) in [6, 6.07) is 17.9. The van der Waals surface area contributed by atoms with Crippen molar-refractivity contribution in [3.63, 3.8) is 0 Å². The molecule has 2 aromatic carbocycles. The smallest absolute Gasteiger partial charge is 0.251 e. The normalized spacial score (nSPS) is 12.6. The van der Waals surface area contributed by atoms with Gasteiger partial charge >= 0.3 is 0 Å². The highest BCUT2D eigenvalue weighted by molar-refractivity contribution is 5.94. The Labute approximate surface area is 199 Å². The molecule has 6 nitrogen and oxygen atoms in total. The average molecular weight is 455 g/mol. The van der Waals surface area contributed by atoms with Gasteiger partial charge in [0.05, 0.1) is 12.8 Å². The lowest BCUT2D eigenvalue weighted by Crippen LogP contribution is -2.33. The van der Waals surface area contributed by atoms with Crippen LogP contribution in [0.1, 0.15) is 41.3 Å². The van der Waals surface area contributed by atoms with Crippen molar-refractivity contribution in [1.82, 2.24) is 10.3 Å². The summed E-state index contributed by atoms with van der Waals surface area (Å²) in [6.45, 7) is 4.18. The molecular formula is C28H28N3O3+. The number of ether oxygens (including phenoxy) is 1. The van der Waals surface area contributed by atoms with E-state index in [1.165, 1.54) is 5.56 Å². The van der Waals surface area contributed by atoms with Crippen LogP contribution in [0.15, 0.2) is 77.6 Å². The number of nitrogens with one attached hydrogen (secondary N) is 1. The molecule has 0 aliphatic carbocycles. The highest BCUT2D eigenvalue weighted by atomic mass is 16.5. The van der Waals surface area contributed by atoms with Crippen LogP contribution >= 0.6 is 0 Å². The van der Waals surface area contributed by atoms with Crippen molar-refractivity contribution in [2.45, 2.75) is 32.7 Å². The Bertz CT molecular complexity index is 1290. The maximum Gasteiger partial charge on any atom is 0.251 e. The molecule has 0 bridgehead atoms. The minimum atomic E-state index is -0.0309. The monoisotopic (exact) mass is 454 g/mol. The molecule has 0 atom stereocenters. The van der Waals surface area contributed by atoms with Crippen LogP contribution in [0.25, 0.3) is 22.8 Å². The number of hydrogen-bond acceptors (Lipinski definition) is 4. The van der Waals surface area contributed by atoms with Crippen LogP contribution in [0.2, 0.25) is 0 Å². The van der Waals surface area contributed by atoms with Gasteiger partial charge in [-0.3, -0.25) is 4.79 Å². The molecule has 0 saturated carbocycles. The van der Waals surface area contributed by atoms with E-state index in [0.717, 1.165) is 54.1 Å². The molecule has 0 fully saturated rings. The van der Waals surface area contributed by atoms with E-state index in [0.29, 0.717) is 24.5 Å². The fourth-order valence-electron chi connectivity index (χ4n) is 4.12. The van der Waals surface area contributed by atoms with Gasteiger partial charge in [0.25, 0.3) is 5.91 Å². The van der Waals surface area contributed by atoms with Gasteiger partial charge < -0.3 is 14.5 Å². The Hall–Kier alpha value is -3.93. The summed E-state index contributed by atoms with van der Waals surface area (Å²) < 4.78 is 13.9. The highest BCUT2D eigenvalue weighted by Crippen LogP contribution is 2.31. The summed E-state index contributed by atoms with van der Waals surface area (Å²) in [5.74, 6) is 2.27. The number of pyridine rings is 1. The third-order valence-corrected chi connectivity index (χ3v) is 5.93. The van der Waals surface area contributed by atoms with Crippen LogP contribution in [-0.4, -0.2) is 24.0 Å².